The first-order valence-corrected chi connectivity index (χ1v) is 8.69. The number of hydrogen-bond donors (Lipinski definition) is 2. The van der Waals surface area contributed by atoms with E-state index in [-0.39, 0.29) is 11.3 Å². The Morgan fingerprint density at radius 1 is 1.24 bits per heavy atom. The van der Waals surface area contributed by atoms with Gasteiger partial charge in [0.1, 0.15) is 0 Å². The van der Waals surface area contributed by atoms with Crippen molar-refractivity contribution in [1.82, 2.24) is 15.5 Å². The molecule has 0 saturated carbocycles. The number of carbonyl (C=O) groups is 1. The maximum absolute atomic E-state index is 12.1. The topological polar surface area (TPSA) is 44.4 Å². The molecule has 0 spiro atoms. The van der Waals surface area contributed by atoms with E-state index in [0.29, 0.717) is 18.1 Å². The smallest absolute Gasteiger partial charge is 0.226 e. The van der Waals surface area contributed by atoms with E-state index in [1.54, 1.807) is 7.05 Å². The quantitative estimate of drug-likeness (QED) is 0.789. The standard InChI is InChI=1S/C17H33N3O/c1-5-9-19-13-10-14-7-6-8-15(11-13)20(14)12-17(2,3)16(21)18-4/h13-15,19H,5-12H2,1-4H3,(H,18,21). The van der Waals surface area contributed by atoms with E-state index in [9.17, 15) is 4.79 Å². The summed E-state index contributed by atoms with van der Waals surface area (Å²) in [7, 11) is 1.74. The molecule has 4 nitrogen and oxygen atoms in total. The van der Waals surface area contributed by atoms with Crippen molar-refractivity contribution in [1.29, 1.82) is 0 Å². The van der Waals surface area contributed by atoms with Gasteiger partial charge in [-0.1, -0.05) is 13.3 Å². The average Bonchev–Trinajstić information content (AvgIpc) is 2.44. The van der Waals surface area contributed by atoms with Gasteiger partial charge in [0.25, 0.3) is 0 Å². The number of piperidine rings is 2. The number of rotatable bonds is 6. The molecule has 2 fully saturated rings. The van der Waals surface area contributed by atoms with Crippen molar-refractivity contribution in [2.75, 3.05) is 20.1 Å². The van der Waals surface area contributed by atoms with E-state index in [4.69, 9.17) is 0 Å². The highest BCUT2D eigenvalue weighted by Crippen LogP contribution is 2.36. The van der Waals surface area contributed by atoms with Crippen LogP contribution in [-0.2, 0) is 4.79 Å². The first-order chi connectivity index (χ1) is 9.97. The highest BCUT2D eigenvalue weighted by Gasteiger charge is 2.41. The zero-order chi connectivity index (χ0) is 15.5. The van der Waals surface area contributed by atoms with E-state index in [2.05, 4.69) is 36.3 Å². The van der Waals surface area contributed by atoms with Crippen LogP contribution in [0.3, 0.4) is 0 Å². The van der Waals surface area contributed by atoms with Gasteiger partial charge in [0.2, 0.25) is 5.91 Å². The van der Waals surface area contributed by atoms with Gasteiger partial charge in [0, 0.05) is 31.7 Å². The van der Waals surface area contributed by atoms with Gasteiger partial charge < -0.3 is 10.6 Å². The minimum Gasteiger partial charge on any atom is -0.359 e. The predicted octanol–water partition coefficient (Wildman–Crippen LogP) is 2.14. The third kappa shape index (κ3) is 3.98. The van der Waals surface area contributed by atoms with E-state index in [1.807, 2.05) is 0 Å². The third-order valence-electron chi connectivity index (χ3n) is 5.23. The van der Waals surface area contributed by atoms with Crippen molar-refractivity contribution >= 4 is 5.91 Å². The molecule has 0 aliphatic carbocycles. The van der Waals surface area contributed by atoms with Gasteiger partial charge in [0.15, 0.2) is 0 Å². The van der Waals surface area contributed by atoms with E-state index in [0.717, 1.165) is 13.1 Å². The molecule has 0 aromatic heterocycles. The number of fused-ring (bicyclic) bond motifs is 2. The molecule has 0 aromatic rings. The molecule has 0 aromatic carbocycles. The summed E-state index contributed by atoms with van der Waals surface area (Å²) in [5.74, 6) is 0.159. The number of nitrogens with zero attached hydrogens (tertiary/aromatic N) is 1. The second-order valence-electron chi connectivity index (χ2n) is 7.50. The summed E-state index contributed by atoms with van der Waals surface area (Å²) in [5, 5.41) is 6.53. The fraction of sp³-hybridized carbons (Fsp3) is 0.941. The van der Waals surface area contributed by atoms with Crippen molar-refractivity contribution in [3.05, 3.63) is 0 Å². The molecule has 2 atom stereocenters. The first-order valence-electron chi connectivity index (χ1n) is 8.69. The Balaban J connectivity index is 2.00. The Hall–Kier alpha value is -0.610. The number of nitrogens with one attached hydrogen (secondary N) is 2. The summed E-state index contributed by atoms with van der Waals surface area (Å²) in [5.41, 5.74) is -0.299. The first kappa shape index (κ1) is 16.8. The minimum atomic E-state index is -0.299. The Bertz CT molecular complexity index is 342. The minimum absolute atomic E-state index is 0.159. The van der Waals surface area contributed by atoms with Gasteiger partial charge in [-0.25, -0.2) is 0 Å². The highest BCUT2D eigenvalue weighted by molar-refractivity contribution is 5.81. The van der Waals surface area contributed by atoms with Crippen LogP contribution >= 0.6 is 0 Å². The van der Waals surface area contributed by atoms with E-state index < -0.39 is 0 Å². The maximum atomic E-state index is 12.1. The van der Waals surface area contributed by atoms with Crippen LogP contribution in [-0.4, -0.2) is 49.1 Å². The monoisotopic (exact) mass is 295 g/mol. The number of carbonyl (C=O) groups excluding carboxylic acids is 1. The lowest BCUT2D eigenvalue weighted by molar-refractivity contribution is -0.131. The average molecular weight is 295 g/mol. The van der Waals surface area contributed by atoms with Gasteiger partial charge in [-0.05, 0) is 52.5 Å². The van der Waals surface area contributed by atoms with Crippen LogP contribution < -0.4 is 10.6 Å². The van der Waals surface area contributed by atoms with Crippen LogP contribution in [0, 0.1) is 5.41 Å². The van der Waals surface area contributed by atoms with Crippen LogP contribution in [0.25, 0.3) is 0 Å². The normalized spacial score (nSPS) is 30.2. The molecule has 2 aliphatic heterocycles. The van der Waals surface area contributed by atoms with Gasteiger partial charge in [-0.3, -0.25) is 9.69 Å². The lowest BCUT2D eigenvalue weighted by Gasteiger charge is -2.51. The maximum Gasteiger partial charge on any atom is 0.226 e. The molecule has 2 heterocycles. The van der Waals surface area contributed by atoms with Gasteiger partial charge in [0.05, 0.1) is 5.41 Å². The summed E-state index contributed by atoms with van der Waals surface area (Å²) in [6.07, 6.45) is 7.65. The molecule has 122 valence electrons. The Kier molecular flexibility index (Phi) is 5.67. The molecule has 2 aliphatic rings. The van der Waals surface area contributed by atoms with Crippen molar-refractivity contribution in [3.8, 4) is 0 Å². The fourth-order valence-electron chi connectivity index (χ4n) is 4.12. The van der Waals surface area contributed by atoms with Crippen molar-refractivity contribution in [3.63, 3.8) is 0 Å². The third-order valence-corrected chi connectivity index (χ3v) is 5.23. The fourth-order valence-corrected chi connectivity index (χ4v) is 4.12. The molecule has 2 N–H and O–H groups in total. The SMILES string of the molecule is CCCNC1CC2CCCC(C1)N2CC(C)(C)C(=O)NC. The van der Waals surface area contributed by atoms with Crippen LogP contribution in [0.4, 0.5) is 0 Å². The lowest BCUT2D eigenvalue weighted by atomic mass is 9.79. The van der Waals surface area contributed by atoms with Crippen molar-refractivity contribution in [2.24, 2.45) is 5.41 Å². The molecule has 1 amide bonds. The van der Waals surface area contributed by atoms with Crippen molar-refractivity contribution in [2.45, 2.75) is 77.4 Å². The van der Waals surface area contributed by atoms with E-state index >= 15 is 0 Å². The summed E-state index contributed by atoms with van der Waals surface area (Å²) in [6.45, 7) is 8.40. The Morgan fingerprint density at radius 2 is 1.86 bits per heavy atom. The highest BCUT2D eigenvalue weighted by atomic mass is 16.2. The molecule has 0 radical (unpaired) electrons. The Morgan fingerprint density at radius 3 is 2.38 bits per heavy atom. The molecule has 2 unspecified atom stereocenters. The summed E-state index contributed by atoms with van der Waals surface area (Å²) >= 11 is 0. The molecule has 2 bridgehead atoms. The second-order valence-corrected chi connectivity index (χ2v) is 7.50. The van der Waals surface area contributed by atoms with Gasteiger partial charge in [-0.2, -0.15) is 0 Å². The van der Waals surface area contributed by atoms with Gasteiger partial charge in [-0.15, -0.1) is 0 Å². The second kappa shape index (κ2) is 7.10. The van der Waals surface area contributed by atoms with Gasteiger partial charge >= 0.3 is 0 Å². The molecule has 2 rings (SSSR count). The molecular weight excluding hydrogens is 262 g/mol. The van der Waals surface area contributed by atoms with E-state index in [1.165, 1.54) is 38.5 Å². The van der Waals surface area contributed by atoms with Crippen LogP contribution in [0.15, 0.2) is 0 Å². The zero-order valence-corrected chi connectivity index (χ0v) is 14.2. The van der Waals surface area contributed by atoms with Crippen molar-refractivity contribution < 1.29 is 4.79 Å². The molecule has 21 heavy (non-hydrogen) atoms. The van der Waals surface area contributed by atoms with Crippen LogP contribution in [0.1, 0.15) is 59.3 Å². The van der Waals surface area contributed by atoms with Crippen LogP contribution in [0.2, 0.25) is 0 Å². The van der Waals surface area contributed by atoms with Crippen LogP contribution in [0.5, 0.6) is 0 Å². The molecule has 2 saturated heterocycles. The number of hydrogen-bond acceptors (Lipinski definition) is 3. The summed E-state index contributed by atoms with van der Waals surface area (Å²) in [4.78, 5) is 14.7. The molecule has 4 heteroatoms. The largest absolute Gasteiger partial charge is 0.359 e. The predicted molar refractivity (Wildman–Crippen MR) is 87.3 cm³/mol. The number of amides is 1. The Labute approximate surface area is 130 Å². The lowest BCUT2D eigenvalue weighted by Crippen LogP contribution is -2.59. The summed E-state index contributed by atoms with van der Waals surface area (Å²) < 4.78 is 0. The summed E-state index contributed by atoms with van der Waals surface area (Å²) in [6, 6.07) is 2.01. The molecular formula is C17H33N3O. The zero-order valence-electron chi connectivity index (χ0n) is 14.2.